The van der Waals surface area contributed by atoms with Crippen LogP contribution in [0, 0.1) is 0 Å². The molecule has 0 atom stereocenters. The van der Waals surface area contributed by atoms with Crippen molar-refractivity contribution in [2.24, 2.45) is 16.2 Å². The van der Waals surface area contributed by atoms with Gasteiger partial charge in [0.25, 0.3) is 0 Å². The summed E-state index contributed by atoms with van der Waals surface area (Å²) < 4.78 is 0.782. The molecule has 10 heavy (non-hydrogen) atoms. The molecule has 0 aliphatic carbocycles. The van der Waals surface area contributed by atoms with Gasteiger partial charge in [0.2, 0.25) is 0 Å². The second kappa shape index (κ2) is 3.26. The van der Waals surface area contributed by atoms with Gasteiger partial charge in [-0.15, -0.1) is 5.11 Å². The van der Waals surface area contributed by atoms with Crippen molar-refractivity contribution in [3.8, 4) is 0 Å². The molecule has 1 aromatic rings. The van der Waals surface area contributed by atoms with E-state index in [1.54, 1.807) is 12.3 Å². The highest BCUT2D eigenvalue weighted by Gasteiger charge is 1.94. The van der Waals surface area contributed by atoms with Gasteiger partial charge in [-0.05, 0) is 28.1 Å². The third-order valence-corrected chi connectivity index (χ3v) is 1.51. The Morgan fingerprint density at radius 2 is 2.40 bits per heavy atom. The zero-order chi connectivity index (χ0) is 7.40. The highest BCUT2D eigenvalue weighted by atomic mass is 79.9. The van der Waals surface area contributed by atoms with Crippen molar-refractivity contribution < 1.29 is 0 Å². The van der Waals surface area contributed by atoms with E-state index in [1.165, 1.54) is 0 Å². The first-order valence-electron chi connectivity index (χ1n) is 2.56. The van der Waals surface area contributed by atoms with E-state index in [4.69, 9.17) is 5.84 Å². The zero-order valence-corrected chi connectivity index (χ0v) is 6.62. The van der Waals surface area contributed by atoms with Crippen molar-refractivity contribution in [3.05, 3.63) is 22.8 Å². The number of pyridine rings is 1. The smallest absolute Gasteiger partial charge is 0.190 e. The second-order valence-corrected chi connectivity index (χ2v) is 2.38. The molecule has 4 nitrogen and oxygen atoms in total. The minimum absolute atomic E-state index is 0.491. The standard InChI is InChI=1S/C5H5BrN4/c6-4-2-1-3-8-5(4)9-10-7/h1-3H,(H2,7,8,9). The molecule has 0 saturated carbocycles. The van der Waals surface area contributed by atoms with Crippen LogP contribution in [0.15, 0.2) is 33.1 Å². The van der Waals surface area contributed by atoms with Crippen LogP contribution in [0.3, 0.4) is 0 Å². The molecule has 5 heteroatoms. The number of rotatable bonds is 1. The molecule has 0 spiro atoms. The van der Waals surface area contributed by atoms with Gasteiger partial charge in [-0.3, -0.25) is 0 Å². The first-order valence-corrected chi connectivity index (χ1v) is 3.35. The summed E-state index contributed by atoms with van der Waals surface area (Å²) in [6, 6.07) is 3.61. The van der Waals surface area contributed by atoms with Gasteiger partial charge >= 0.3 is 0 Å². The molecule has 0 bridgehead atoms. The van der Waals surface area contributed by atoms with Crippen LogP contribution >= 0.6 is 15.9 Å². The maximum Gasteiger partial charge on any atom is 0.190 e. The largest absolute Gasteiger partial charge is 0.305 e. The van der Waals surface area contributed by atoms with E-state index in [0.29, 0.717) is 5.82 Å². The van der Waals surface area contributed by atoms with Crippen molar-refractivity contribution in [1.82, 2.24) is 4.98 Å². The Balaban J connectivity index is 3.03. The summed E-state index contributed by atoms with van der Waals surface area (Å²) in [4.78, 5) is 3.88. The molecule has 0 unspecified atom stereocenters. The van der Waals surface area contributed by atoms with E-state index in [1.807, 2.05) is 6.07 Å². The lowest BCUT2D eigenvalue weighted by atomic mass is 10.5. The van der Waals surface area contributed by atoms with Crippen LogP contribution in [0.2, 0.25) is 0 Å². The topological polar surface area (TPSA) is 63.6 Å². The fraction of sp³-hybridized carbons (Fsp3) is 0. The fourth-order valence-electron chi connectivity index (χ4n) is 0.506. The lowest BCUT2D eigenvalue weighted by Gasteiger charge is -1.90. The average molecular weight is 201 g/mol. The SMILES string of the molecule is NN=Nc1ncccc1Br. The van der Waals surface area contributed by atoms with Crippen LogP contribution in [0.25, 0.3) is 0 Å². The summed E-state index contributed by atoms with van der Waals surface area (Å²) >= 11 is 3.23. The third kappa shape index (κ3) is 1.51. The van der Waals surface area contributed by atoms with E-state index in [9.17, 15) is 0 Å². The van der Waals surface area contributed by atoms with Crippen LogP contribution in [0.4, 0.5) is 5.82 Å². The van der Waals surface area contributed by atoms with Crippen molar-refractivity contribution in [2.75, 3.05) is 0 Å². The molecule has 0 fully saturated rings. The molecule has 0 aliphatic heterocycles. The van der Waals surface area contributed by atoms with Gasteiger partial charge in [-0.1, -0.05) is 5.22 Å². The quantitative estimate of drug-likeness (QED) is 0.427. The van der Waals surface area contributed by atoms with Crippen LogP contribution in [-0.4, -0.2) is 4.98 Å². The molecule has 0 radical (unpaired) electrons. The number of hydrogen-bond acceptors (Lipinski definition) is 3. The van der Waals surface area contributed by atoms with Gasteiger partial charge in [-0.2, -0.15) is 0 Å². The summed E-state index contributed by atoms with van der Waals surface area (Å²) in [6.45, 7) is 0. The maximum atomic E-state index is 4.83. The van der Waals surface area contributed by atoms with E-state index in [0.717, 1.165) is 4.47 Å². The maximum absolute atomic E-state index is 4.83. The highest BCUT2D eigenvalue weighted by Crippen LogP contribution is 2.20. The summed E-state index contributed by atoms with van der Waals surface area (Å²) in [5, 5.41) is 6.65. The number of halogens is 1. The van der Waals surface area contributed by atoms with E-state index >= 15 is 0 Å². The minimum Gasteiger partial charge on any atom is -0.305 e. The van der Waals surface area contributed by atoms with Gasteiger partial charge in [0.1, 0.15) is 0 Å². The molecule has 0 saturated heterocycles. The number of nitrogens with two attached hydrogens (primary N) is 1. The molecule has 0 aliphatic rings. The van der Waals surface area contributed by atoms with Crippen LogP contribution < -0.4 is 5.84 Å². The average Bonchev–Trinajstić information content (AvgIpc) is 1.94. The Kier molecular flexibility index (Phi) is 2.33. The van der Waals surface area contributed by atoms with Crippen molar-refractivity contribution >= 4 is 21.7 Å². The van der Waals surface area contributed by atoms with E-state index < -0.39 is 0 Å². The lowest BCUT2D eigenvalue weighted by Crippen LogP contribution is -1.77. The third-order valence-electron chi connectivity index (χ3n) is 0.892. The van der Waals surface area contributed by atoms with Gasteiger partial charge in [0.05, 0.1) is 4.47 Å². The summed E-state index contributed by atoms with van der Waals surface area (Å²) in [5.41, 5.74) is 0. The van der Waals surface area contributed by atoms with Crippen LogP contribution in [-0.2, 0) is 0 Å². The molecule has 1 rings (SSSR count). The Labute approximate surface area is 66.3 Å². The predicted molar refractivity (Wildman–Crippen MR) is 40.6 cm³/mol. The molecular formula is C5H5BrN4. The molecule has 1 heterocycles. The second-order valence-electron chi connectivity index (χ2n) is 1.52. The summed E-state index contributed by atoms with van der Waals surface area (Å²) in [7, 11) is 0. The van der Waals surface area contributed by atoms with Crippen molar-refractivity contribution in [2.45, 2.75) is 0 Å². The Morgan fingerprint density at radius 1 is 1.60 bits per heavy atom. The van der Waals surface area contributed by atoms with E-state index in [2.05, 4.69) is 31.3 Å². The van der Waals surface area contributed by atoms with Gasteiger partial charge in [0, 0.05) is 6.20 Å². The minimum atomic E-state index is 0.491. The molecule has 1 aromatic heterocycles. The lowest BCUT2D eigenvalue weighted by molar-refractivity contribution is 1.03. The van der Waals surface area contributed by atoms with Crippen molar-refractivity contribution in [3.63, 3.8) is 0 Å². The van der Waals surface area contributed by atoms with Crippen molar-refractivity contribution in [1.29, 1.82) is 0 Å². The monoisotopic (exact) mass is 200 g/mol. The first-order chi connectivity index (χ1) is 4.84. The zero-order valence-electron chi connectivity index (χ0n) is 5.03. The number of aromatic nitrogens is 1. The molecular weight excluding hydrogens is 196 g/mol. The van der Waals surface area contributed by atoms with Crippen LogP contribution in [0.5, 0.6) is 0 Å². The highest BCUT2D eigenvalue weighted by molar-refractivity contribution is 9.10. The van der Waals surface area contributed by atoms with Gasteiger partial charge in [0.15, 0.2) is 5.82 Å². The first kappa shape index (κ1) is 7.14. The number of hydrogen-bond donors (Lipinski definition) is 1. The summed E-state index contributed by atoms with van der Waals surface area (Å²) in [5.74, 6) is 5.32. The normalized spacial score (nSPS) is 10.5. The van der Waals surface area contributed by atoms with Crippen LogP contribution in [0.1, 0.15) is 0 Å². The molecule has 2 N–H and O–H groups in total. The van der Waals surface area contributed by atoms with E-state index in [-0.39, 0.29) is 0 Å². The van der Waals surface area contributed by atoms with Gasteiger partial charge in [-0.25, -0.2) is 4.98 Å². The number of nitrogens with zero attached hydrogens (tertiary/aromatic N) is 3. The Hall–Kier alpha value is -0.970. The molecule has 0 aromatic carbocycles. The summed E-state index contributed by atoms with van der Waals surface area (Å²) in [6.07, 6.45) is 1.62. The van der Waals surface area contributed by atoms with Gasteiger partial charge < -0.3 is 5.84 Å². The molecule has 52 valence electrons. The fourth-order valence-corrected chi connectivity index (χ4v) is 0.840. The predicted octanol–water partition coefficient (Wildman–Crippen LogP) is 1.80. The Morgan fingerprint density at radius 3 is 3.00 bits per heavy atom. The Bertz CT molecular complexity index is 247. The molecule has 0 amide bonds.